The van der Waals surface area contributed by atoms with Crippen LogP contribution in [0.2, 0.25) is 0 Å². The van der Waals surface area contributed by atoms with E-state index in [9.17, 15) is 8.42 Å². The molecule has 3 nitrogen and oxygen atoms in total. The molecule has 5 rings (SSSR count). The number of hydrogen-bond donors (Lipinski definition) is 0. The van der Waals surface area contributed by atoms with Crippen LogP contribution in [0.1, 0.15) is 48.2 Å². The SMILES string of the molecule is C=CCn1c(Cc2ccccc2)c(-c2ccccc2)c(S(=O)(=O)c2ccc(C)cc2)c1C1=CCCCC1. The van der Waals surface area contributed by atoms with E-state index in [0.29, 0.717) is 22.8 Å². The van der Waals surface area contributed by atoms with Crippen LogP contribution >= 0.6 is 0 Å². The van der Waals surface area contributed by atoms with E-state index in [2.05, 4.69) is 29.4 Å². The quantitative estimate of drug-likeness (QED) is 0.226. The van der Waals surface area contributed by atoms with E-state index in [-0.39, 0.29) is 0 Å². The highest BCUT2D eigenvalue weighted by Gasteiger charge is 2.34. The summed E-state index contributed by atoms with van der Waals surface area (Å²) in [6.07, 6.45) is 8.77. The summed E-state index contributed by atoms with van der Waals surface area (Å²) in [6, 6.07) is 27.5. The fourth-order valence-electron chi connectivity index (χ4n) is 5.32. The monoisotopic (exact) mass is 507 g/mol. The first kappa shape index (κ1) is 25.0. The number of nitrogens with zero attached hydrogens (tertiary/aromatic N) is 1. The fourth-order valence-corrected chi connectivity index (χ4v) is 7.05. The third-order valence-electron chi connectivity index (χ3n) is 7.11. The molecule has 1 heterocycles. The fraction of sp³-hybridized carbons (Fsp3) is 0.212. The Balaban J connectivity index is 1.90. The summed E-state index contributed by atoms with van der Waals surface area (Å²) in [6.45, 7) is 6.56. The van der Waals surface area contributed by atoms with Gasteiger partial charge in [-0.2, -0.15) is 0 Å². The highest BCUT2D eigenvalue weighted by Crippen LogP contribution is 2.44. The molecule has 3 aromatic carbocycles. The lowest BCUT2D eigenvalue weighted by molar-refractivity contribution is 0.595. The number of rotatable bonds is 8. The number of hydrogen-bond acceptors (Lipinski definition) is 2. The summed E-state index contributed by atoms with van der Waals surface area (Å²) in [5, 5.41) is 0. The topological polar surface area (TPSA) is 39.1 Å². The van der Waals surface area contributed by atoms with Crippen molar-refractivity contribution in [3.8, 4) is 11.1 Å². The Kier molecular flexibility index (Phi) is 7.29. The van der Waals surface area contributed by atoms with Crippen LogP contribution in [-0.4, -0.2) is 13.0 Å². The average Bonchev–Trinajstić information content (AvgIpc) is 3.25. The Morgan fingerprint density at radius 1 is 0.892 bits per heavy atom. The van der Waals surface area contributed by atoms with Gasteiger partial charge in [0.05, 0.1) is 10.6 Å². The molecule has 1 aliphatic rings. The average molecular weight is 508 g/mol. The summed E-state index contributed by atoms with van der Waals surface area (Å²) in [7, 11) is -3.82. The molecule has 0 N–H and O–H groups in total. The molecule has 4 heteroatoms. The van der Waals surface area contributed by atoms with Crippen molar-refractivity contribution in [2.45, 2.75) is 55.4 Å². The lowest BCUT2D eigenvalue weighted by Gasteiger charge is -2.18. The van der Waals surface area contributed by atoms with Crippen LogP contribution in [0.3, 0.4) is 0 Å². The molecule has 37 heavy (non-hydrogen) atoms. The van der Waals surface area contributed by atoms with E-state index >= 15 is 0 Å². The molecular formula is C33H33NO2S. The predicted molar refractivity (Wildman–Crippen MR) is 152 cm³/mol. The lowest BCUT2D eigenvalue weighted by atomic mass is 9.96. The standard InChI is InChI=1S/C33H33NO2S/c1-3-23-34-30(24-26-13-7-4-8-14-26)31(27-15-9-5-10-16-27)33(32(34)28-17-11-6-12-18-28)37(35,36)29-21-19-25(2)20-22-29/h3-5,7-10,13-17,19-22H,1,6,11-12,18,23-24H2,2H3. The second-order valence-electron chi connectivity index (χ2n) is 9.72. The maximum absolute atomic E-state index is 14.6. The van der Waals surface area contributed by atoms with Crippen LogP contribution in [0.5, 0.6) is 0 Å². The van der Waals surface area contributed by atoms with Gasteiger partial charge in [-0.05, 0) is 61.4 Å². The minimum absolute atomic E-state index is 0.329. The molecule has 0 saturated carbocycles. The predicted octanol–water partition coefficient (Wildman–Crippen LogP) is 8.03. The van der Waals surface area contributed by atoms with Crippen molar-refractivity contribution >= 4 is 15.4 Å². The highest BCUT2D eigenvalue weighted by atomic mass is 32.2. The Morgan fingerprint density at radius 3 is 2.19 bits per heavy atom. The van der Waals surface area contributed by atoms with Crippen LogP contribution in [-0.2, 0) is 22.8 Å². The van der Waals surface area contributed by atoms with Gasteiger partial charge in [-0.25, -0.2) is 8.42 Å². The molecule has 0 radical (unpaired) electrons. The first-order chi connectivity index (χ1) is 18.0. The van der Waals surface area contributed by atoms with Crippen LogP contribution in [0.4, 0.5) is 0 Å². The molecule has 1 aliphatic carbocycles. The molecule has 0 bridgehead atoms. The Labute approximate surface area is 220 Å². The van der Waals surface area contributed by atoms with E-state index in [4.69, 9.17) is 0 Å². The van der Waals surface area contributed by atoms with Crippen LogP contribution in [0.25, 0.3) is 16.7 Å². The normalized spacial score (nSPS) is 13.8. The van der Waals surface area contributed by atoms with Crippen molar-refractivity contribution < 1.29 is 8.42 Å². The zero-order chi connectivity index (χ0) is 25.8. The van der Waals surface area contributed by atoms with Gasteiger partial charge in [0.1, 0.15) is 4.90 Å². The van der Waals surface area contributed by atoms with Crippen LogP contribution in [0, 0.1) is 6.92 Å². The van der Waals surface area contributed by atoms with Gasteiger partial charge in [0, 0.05) is 24.2 Å². The highest BCUT2D eigenvalue weighted by molar-refractivity contribution is 7.91. The first-order valence-electron chi connectivity index (χ1n) is 13.0. The van der Waals surface area contributed by atoms with Crippen molar-refractivity contribution in [1.82, 2.24) is 4.57 Å². The zero-order valence-electron chi connectivity index (χ0n) is 21.4. The Hall–Kier alpha value is -3.63. The second-order valence-corrected chi connectivity index (χ2v) is 11.6. The number of aryl methyl sites for hydroxylation is 1. The Bertz CT molecular complexity index is 1530. The molecule has 0 fully saturated rings. The number of allylic oxidation sites excluding steroid dienone is 3. The van der Waals surface area contributed by atoms with E-state index in [1.807, 2.05) is 73.7 Å². The van der Waals surface area contributed by atoms with Crippen molar-refractivity contribution in [3.63, 3.8) is 0 Å². The molecule has 0 spiro atoms. The minimum atomic E-state index is -3.82. The molecule has 0 unspecified atom stereocenters. The van der Waals surface area contributed by atoms with Crippen LogP contribution < -0.4 is 0 Å². The van der Waals surface area contributed by atoms with E-state index in [0.717, 1.165) is 64.9 Å². The summed E-state index contributed by atoms with van der Waals surface area (Å²) in [5.74, 6) is 0. The molecule has 4 aromatic rings. The van der Waals surface area contributed by atoms with E-state index < -0.39 is 9.84 Å². The molecule has 0 aliphatic heterocycles. The van der Waals surface area contributed by atoms with Crippen LogP contribution in [0.15, 0.2) is 113 Å². The largest absolute Gasteiger partial charge is 0.339 e. The molecule has 0 atom stereocenters. The van der Waals surface area contributed by atoms with Crippen molar-refractivity contribution in [3.05, 3.63) is 126 Å². The molecule has 0 saturated heterocycles. The summed E-state index contributed by atoms with van der Waals surface area (Å²) in [5.41, 5.74) is 6.84. The first-order valence-corrected chi connectivity index (χ1v) is 14.5. The number of aromatic nitrogens is 1. The third kappa shape index (κ3) is 4.99. The van der Waals surface area contributed by atoms with Gasteiger partial charge in [-0.1, -0.05) is 90.5 Å². The summed E-state index contributed by atoms with van der Waals surface area (Å²) < 4.78 is 31.3. The van der Waals surface area contributed by atoms with Gasteiger partial charge in [-0.3, -0.25) is 0 Å². The van der Waals surface area contributed by atoms with E-state index in [1.54, 1.807) is 12.1 Å². The van der Waals surface area contributed by atoms with Crippen molar-refractivity contribution in [1.29, 1.82) is 0 Å². The van der Waals surface area contributed by atoms with Crippen molar-refractivity contribution in [2.24, 2.45) is 0 Å². The maximum Gasteiger partial charge on any atom is 0.209 e. The second kappa shape index (κ2) is 10.8. The summed E-state index contributed by atoms with van der Waals surface area (Å²) in [4.78, 5) is 0.749. The molecular weight excluding hydrogens is 474 g/mol. The van der Waals surface area contributed by atoms with Crippen molar-refractivity contribution in [2.75, 3.05) is 0 Å². The van der Waals surface area contributed by atoms with Gasteiger partial charge in [0.25, 0.3) is 0 Å². The Morgan fingerprint density at radius 2 is 1.57 bits per heavy atom. The number of sulfone groups is 1. The minimum Gasteiger partial charge on any atom is -0.339 e. The van der Waals surface area contributed by atoms with Gasteiger partial charge < -0.3 is 4.57 Å². The molecule has 1 aromatic heterocycles. The maximum atomic E-state index is 14.6. The third-order valence-corrected chi connectivity index (χ3v) is 8.94. The smallest absolute Gasteiger partial charge is 0.209 e. The number of benzene rings is 3. The molecule has 188 valence electrons. The zero-order valence-corrected chi connectivity index (χ0v) is 22.2. The van der Waals surface area contributed by atoms with Gasteiger partial charge in [0.15, 0.2) is 0 Å². The van der Waals surface area contributed by atoms with Gasteiger partial charge >= 0.3 is 0 Å². The summed E-state index contributed by atoms with van der Waals surface area (Å²) >= 11 is 0. The van der Waals surface area contributed by atoms with Gasteiger partial charge in [0.2, 0.25) is 9.84 Å². The van der Waals surface area contributed by atoms with E-state index in [1.165, 1.54) is 0 Å². The lowest BCUT2D eigenvalue weighted by Crippen LogP contribution is -2.10. The molecule has 0 amide bonds. The van der Waals surface area contributed by atoms with Gasteiger partial charge in [-0.15, -0.1) is 6.58 Å².